The highest BCUT2D eigenvalue weighted by Crippen LogP contribution is 2.27. The fourth-order valence-electron chi connectivity index (χ4n) is 3.85. The van der Waals surface area contributed by atoms with Crippen molar-refractivity contribution < 1.29 is 19.0 Å². The summed E-state index contributed by atoms with van der Waals surface area (Å²) in [5, 5.41) is 0. The number of hydrogen-bond acceptors (Lipinski definition) is 6. The van der Waals surface area contributed by atoms with Crippen LogP contribution in [0.3, 0.4) is 0 Å². The molecule has 7 nitrogen and oxygen atoms in total. The SMILES string of the molecule is COc1ccc(OCC2CN(CC(C)(C)CN(C)C)C(=O)c3cccnc3O2)cc1. The van der Waals surface area contributed by atoms with Gasteiger partial charge in [0.15, 0.2) is 6.10 Å². The molecule has 0 fully saturated rings. The number of nitrogens with zero attached hydrogens (tertiary/aromatic N) is 3. The molecule has 0 saturated carbocycles. The van der Waals surface area contributed by atoms with Crippen LogP contribution in [-0.2, 0) is 0 Å². The number of carbonyl (C=O) groups is 1. The highest BCUT2D eigenvalue weighted by atomic mass is 16.5. The van der Waals surface area contributed by atoms with E-state index in [9.17, 15) is 4.79 Å². The van der Waals surface area contributed by atoms with E-state index in [1.807, 2.05) is 43.3 Å². The van der Waals surface area contributed by atoms with E-state index in [1.165, 1.54) is 0 Å². The molecule has 1 aliphatic rings. The Morgan fingerprint density at radius 1 is 1.20 bits per heavy atom. The Bertz CT molecular complexity index is 852. The molecule has 1 unspecified atom stereocenters. The molecule has 0 bridgehead atoms. The van der Waals surface area contributed by atoms with Crippen molar-refractivity contribution >= 4 is 5.91 Å². The number of pyridine rings is 1. The van der Waals surface area contributed by atoms with Gasteiger partial charge in [0.25, 0.3) is 5.91 Å². The number of carbonyl (C=O) groups excluding carboxylic acids is 1. The van der Waals surface area contributed by atoms with Crippen LogP contribution in [0.1, 0.15) is 24.2 Å². The minimum atomic E-state index is -0.331. The van der Waals surface area contributed by atoms with Gasteiger partial charge in [-0.25, -0.2) is 4.98 Å². The molecule has 162 valence electrons. The number of hydrogen-bond donors (Lipinski definition) is 0. The third-order valence-electron chi connectivity index (χ3n) is 4.85. The Labute approximate surface area is 178 Å². The minimum absolute atomic E-state index is 0.0584. The van der Waals surface area contributed by atoms with Crippen LogP contribution >= 0.6 is 0 Å². The lowest BCUT2D eigenvalue weighted by Crippen LogP contribution is -2.46. The van der Waals surface area contributed by atoms with E-state index in [0.29, 0.717) is 31.1 Å². The maximum atomic E-state index is 13.2. The molecule has 1 atom stereocenters. The van der Waals surface area contributed by atoms with Crippen molar-refractivity contribution in [2.45, 2.75) is 20.0 Å². The average Bonchev–Trinajstić information content (AvgIpc) is 2.82. The molecule has 1 aromatic carbocycles. The predicted molar refractivity (Wildman–Crippen MR) is 115 cm³/mol. The summed E-state index contributed by atoms with van der Waals surface area (Å²) in [5.41, 5.74) is 0.415. The van der Waals surface area contributed by atoms with Gasteiger partial charge in [-0.15, -0.1) is 0 Å². The first-order valence-corrected chi connectivity index (χ1v) is 10.1. The van der Waals surface area contributed by atoms with Crippen LogP contribution in [0.15, 0.2) is 42.6 Å². The summed E-state index contributed by atoms with van der Waals surface area (Å²) >= 11 is 0. The third kappa shape index (κ3) is 5.63. The number of fused-ring (bicyclic) bond motifs is 1. The molecule has 2 aromatic rings. The quantitative estimate of drug-likeness (QED) is 0.663. The molecule has 0 saturated heterocycles. The Morgan fingerprint density at radius 3 is 2.57 bits per heavy atom. The first kappa shape index (κ1) is 21.9. The summed E-state index contributed by atoms with van der Waals surface area (Å²) in [5.74, 6) is 1.79. The Kier molecular flexibility index (Phi) is 6.82. The number of rotatable bonds is 8. The summed E-state index contributed by atoms with van der Waals surface area (Å²) < 4.78 is 17.2. The predicted octanol–water partition coefficient (Wildman–Crippen LogP) is 2.96. The van der Waals surface area contributed by atoms with E-state index < -0.39 is 0 Å². The molecule has 0 aliphatic carbocycles. The fraction of sp³-hybridized carbons (Fsp3) is 0.478. The van der Waals surface area contributed by atoms with E-state index in [0.717, 1.165) is 18.0 Å². The van der Waals surface area contributed by atoms with Gasteiger partial charge in [-0.2, -0.15) is 0 Å². The zero-order valence-electron chi connectivity index (χ0n) is 18.4. The molecule has 2 heterocycles. The van der Waals surface area contributed by atoms with Gasteiger partial charge in [0.05, 0.1) is 13.7 Å². The van der Waals surface area contributed by atoms with Gasteiger partial charge in [-0.3, -0.25) is 4.79 Å². The zero-order valence-corrected chi connectivity index (χ0v) is 18.4. The molecule has 0 spiro atoms. The van der Waals surface area contributed by atoms with Crippen molar-refractivity contribution in [3.8, 4) is 17.4 Å². The Balaban J connectivity index is 1.77. The van der Waals surface area contributed by atoms with Crippen LogP contribution in [0.25, 0.3) is 0 Å². The topological polar surface area (TPSA) is 64.1 Å². The highest BCUT2D eigenvalue weighted by Gasteiger charge is 2.33. The van der Waals surface area contributed by atoms with Crippen LogP contribution in [0.4, 0.5) is 0 Å². The smallest absolute Gasteiger partial charge is 0.259 e. The maximum Gasteiger partial charge on any atom is 0.259 e. The maximum absolute atomic E-state index is 13.2. The lowest BCUT2D eigenvalue weighted by atomic mass is 9.91. The molecule has 0 radical (unpaired) electrons. The minimum Gasteiger partial charge on any atom is -0.497 e. The van der Waals surface area contributed by atoms with Gasteiger partial charge in [-0.1, -0.05) is 13.8 Å². The normalized spacial score (nSPS) is 16.7. The lowest BCUT2D eigenvalue weighted by Gasteiger charge is -2.34. The summed E-state index contributed by atoms with van der Waals surface area (Å²) in [4.78, 5) is 21.5. The number of aromatic nitrogens is 1. The van der Waals surface area contributed by atoms with Gasteiger partial charge in [-0.05, 0) is 55.9 Å². The van der Waals surface area contributed by atoms with E-state index in [4.69, 9.17) is 14.2 Å². The van der Waals surface area contributed by atoms with Gasteiger partial charge < -0.3 is 24.0 Å². The largest absolute Gasteiger partial charge is 0.497 e. The zero-order chi connectivity index (χ0) is 21.7. The third-order valence-corrected chi connectivity index (χ3v) is 4.85. The van der Waals surface area contributed by atoms with Crippen molar-refractivity contribution in [2.75, 3.05) is 47.4 Å². The van der Waals surface area contributed by atoms with Crippen molar-refractivity contribution in [3.63, 3.8) is 0 Å². The van der Waals surface area contributed by atoms with E-state index in [2.05, 4.69) is 23.7 Å². The molecule has 1 amide bonds. The second kappa shape index (κ2) is 9.34. The number of amides is 1. The second-order valence-electron chi connectivity index (χ2n) is 8.67. The molecule has 1 aliphatic heterocycles. The molecular weight excluding hydrogens is 382 g/mol. The Hall–Kier alpha value is -2.80. The molecule has 3 rings (SSSR count). The number of ether oxygens (including phenoxy) is 3. The van der Waals surface area contributed by atoms with E-state index >= 15 is 0 Å². The van der Waals surface area contributed by atoms with Crippen LogP contribution in [0.5, 0.6) is 17.4 Å². The van der Waals surface area contributed by atoms with Crippen LogP contribution in [0, 0.1) is 5.41 Å². The molecule has 1 aromatic heterocycles. The fourth-order valence-corrected chi connectivity index (χ4v) is 3.85. The summed E-state index contributed by atoms with van der Waals surface area (Å²) in [6.07, 6.45) is 1.31. The first-order chi connectivity index (χ1) is 14.3. The average molecular weight is 414 g/mol. The van der Waals surface area contributed by atoms with Crippen LogP contribution < -0.4 is 14.2 Å². The standard InChI is InChI=1S/C23H31N3O4/c1-23(2,15-25(3)4)16-26-13-19(14-29-18-10-8-17(28-5)9-11-18)30-21-20(22(26)27)7-6-12-24-21/h6-12,19H,13-16H2,1-5H3. The van der Waals surface area contributed by atoms with Gasteiger partial charge >= 0.3 is 0 Å². The van der Waals surface area contributed by atoms with Crippen LogP contribution in [0.2, 0.25) is 0 Å². The highest BCUT2D eigenvalue weighted by molar-refractivity contribution is 5.96. The van der Waals surface area contributed by atoms with Crippen molar-refractivity contribution in [1.29, 1.82) is 0 Å². The number of methoxy groups -OCH3 is 1. The monoisotopic (exact) mass is 413 g/mol. The van der Waals surface area contributed by atoms with Gasteiger partial charge in [0.2, 0.25) is 5.88 Å². The van der Waals surface area contributed by atoms with E-state index in [1.54, 1.807) is 25.4 Å². The first-order valence-electron chi connectivity index (χ1n) is 10.1. The molecular formula is C23H31N3O4. The van der Waals surface area contributed by atoms with Crippen molar-refractivity contribution in [2.24, 2.45) is 5.41 Å². The Morgan fingerprint density at radius 2 is 1.90 bits per heavy atom. The summed E-state index contributed by atoms with van der Waals surface area (Å²) in [6, 6.07) is 10.9. The van der Waals surface area contributed by atoms with Crippen LogP contribution in [-0.4, -0.2) is 74.2 Å². The van der Waals surface area contributed by atoms with Crippen molar-refractivity contribution in [1.82, 2.24) is 14.8 Å². The van der Waals surface area contributed by atoms with Gasteiger partial charge in [0.1, 0.15) is 23.7 Å². The van der Waals surface area contributed by atoms with Crippen molar-refractivity contribution in [3.05, 3.63) is 48.2 Å². The second-order valence-corrected chi connectivity index (χ2v) is 8.67. The molecule has 0 N–H and O–H groups in total. The van der Waals surface area contributed by atoms with E-state index in [-0.39, 0.29) is 17.4 Å². The number of benzene rings is 1. The molecule has 30 heavy (non-hydrogen) atoms. The van der Waals surface area contributed by atoms with Gasteiger partial charge in [0, 0.05) is 19.3 Å². The summed E-state index contributed by atoms with van der Waals surface area (Å²) in [7, 11) is 5.71. The molecule has 7 heteroatoms. The summed E-state index contributed by atoms with van der Waals surface area (Å²) in [6.45, 7) is 6.55. The lowest BCUT2D eigenvalue weighted by molar-refractivity contribution is 0.0518.